The minimum Gasteiger partial charge on any atom is -0.293 e. The number of benzene rings is 2. The van der Waals surface area contributed by atoms with Gasteiger partial charge in [-0.2, -0.15) is 0 Å². The van der Waals surface area contributed by atoms with Crippen LogP contribution in [0.5, 0.6) is 0 Å². The molecule has 3 aromatic rings. The zero-order chi connectivity index (χ0) is 20.4. The summed E-state index contributed by atoms with van der Waals surface area (Å²) in [6, 6.07) is 11.6. The molecule has 1 atom stereocenters. The number of rotatable bonds is 5. The Bertz CT molecular complexity index is 1100. The molecule has 1 aromatic heterocycles. The first-order valence-corrected chi connectivity index (χ1v) is 10.1. The van der Waals surface area contributed by atoms with Crippen LogP contribution in [-0.4, -0.2) is 20.6 Å². The van der Waals surface area contributed by atoms with Gasteiger partial charge in [0, 0.05) is 23.6 Å². The summed E-state index contributed by atoms with van der Waals surface area (Å²) >= 11 is 1.21. The van der Waals surface area contributed by atoms with E-state index in [2.05, 4.69) is 4.98 Å². The van der Waals surface area contributed by atoms with Crippen molar-refractivity contribution in [3.8, 4) is 5.69 Å². The third-order valence-corrected chi connectivity index (χ3v) is 6.10. The number of nitrogens with zero attached hydrogens (tertiary/aromatic N) is 2. The number of carbonyl (C=O) groups is 1. The number of hydrogen-bond acceptors (Lipinski definition) is 4. The molecule has 3 rings (SSSR count). The molecule has 0 bridgehead atoms. The molecule has 0 unspecified atom stereocenters. The van der Waals surface area contributed by atoms with Gasteiger partial charge in [-0.15, -0.1) is 0 Å². The van der Waals surface area contributed by atoms with Crippen LogP contribution in [0, 0.1) is 27.7 Å². The van der Waals surface area contributed by atoms with Crippen molar-refractivity contribution in [3.05, 3.63) is 87.0 Å². The number of aryl methyl sites for hydroxylation is 4. The minimum atomic E-state index is -0.405. The minimum absolute atomic E-state index is 0.00381. The van der Waals surface area contributed by atoms with Gasteiger partial charge < -0.3 is 0 Å². The Hall–Kier alpha value is -2.66. The molecule has 0 saturated carbocycles. The van der Waals surface area contributed by atoms with Crippen LogP contribution in [0.4, 0.5) is 0 Å². The average Bonchev–Trinajstić information content (AvgIpc) is 2.67. The van der Waals surface area contributed by atoms with E-state index in [0.717, 1.165) is 22.4 Å². The van der Waals surface area contributed by atoms with Gasteiger partial charge in [-0.05, 0) is 75.1 Å². The topological polar surface area (TPSA) is 52.0 Å². The molecule has 1 heterocycles. The molecule has 0 N–H and O–H groups in total. The van der Waals surface area contributed by atoms with E-state index in [1.54, 1.807) is 17.0 Å². The van der Waals surface area contributed by atoms with E-state index >= 15 is 0 Å². The molecule has 0 fully saturated rings. The van der Waals surface area contributed by atoms with Crippen molar-refractivity contribution in [2.75, 3.05) is 0 Å². The second-order valence-corrected chi connectivity index (χ2v) is 8.43. The van der Waals surface area contributed by atoms with Crippen molar-refractivity contribution in [2.45, 2.75) is 44.9 Å². The van der Waals surface area contributed by atoms with Gasteiger partial charge in [0.05, 0.1) is 5.25 Å². The van der Waals surface area contributed by atoms with E-state index in [1.807, 2.05) is 71.0 Å². The lowest BCUT2D eigenvalue weighted by molar-refractivity contribution is 0.0994. The number of ketones is 1. The largest absolute Gasteiger partial charge is 0.293 e. The SMILES string of the molecule is Cc1ccc(C(=O)[C@H](C)Sc2nccn(-c3ccc(C)c(C)c3)c2=O)cc1C. The second-order valence-electron chi connectivity index (χ2n) is 7.10. The van der Waals surface area contributed by atoms with Crippen LogP contribution in [-0.2, 0) is 0 Å². The molecule has 0 saturated heterocycles. The summed E-state index contributed by atoms with van der Waals surface area (Å²) in [5.74, 6) is -0.00381. The first kappa shape index (κ1) is 20.1. The summed E-state index contributed by atoms with van der Waals surface area (Å²) in [6.45, 7) is 9.88. The van der Waals surface area contributed by atoms with Crippen LogP contribution in [0.3, 0.4) is 0 Å². The fourth-order valence-electron chi connectivity index (χ4n) is 2.90. The maximum atomic E-state index is 12.9. The molecule has 0 radical (unpaired) electrons. The smallest absolute Gasteiger partial charge is 0.287 e. The summed E-state index contributed by atoms with van der Waals surface area (Å²) in [7, 11) is 0. The molecular formula is C23H24N2O2S. The Balaban J connectivity index is 1.88. The van der Waals surface area contributed by atoms with Gasteiger partial charge in [0.2, 0.25) is 0 Å². The third kappa shape index (κ3) is 4.09. The Labute approximate surface area is 169 Å². The van der Waals surface area contributed by atoms with Gasteiger partial charge in [0.1, 0.15) is 0 Å². The van der Waals surface area contributed by atoms with Crippen LogP contribution in [0.15, 0.2) is 58.6 Å². The molecule has 28 heavy (non-hydrogen) atoms. The van der Waals surface area contributed by atoms with Crippen LogP contribution in [0.2, 0.25) is 0 Å². The lowest BCUT2D eigenvalue weighted by Gasteiger charge is -2.13. The lowest BCUT2D eigenvalue weighted by Crippen LogP contribution is -2.23. The normalized spacial score (nSPS) is 12.0. The Morgan fingerprint density at radius 3 is 2.25 bits per heavy atom. The molecule has 2 aromatic carbocycles. The van der Waals surface area contributed by atoms with Gasteiger partial charge in [0.25, 0.3) is 5.56 Å². The Kier molecular flexibility index (Phi) is 5.84. The number of hydrogen-bond donors (Lipinski definition) is 0. The lowest BCUT2D eigenvalue weighted by atomic mass is 10.0. The molecule has 0 aliphatic rings. The molecule has 4 nitrogen and oxygen atoms in total. The van der Waals surface area contributed by atoms with Crippen LogP contribution in [0.1, 0.15) is 39.5 Å². The van der Waals surface area contributed by atoms with E-state index < -0.39 is 5.25 Å². The third-order valence-electron chi connectivity index (χ3n) is 5.03. The summed E-state index contributed by atoms with van der Waals surface area (Å²) in [6.07, 6.45) is 3.26. The Morgan fingerprint density at radius 2 is 1.61 bits per heavy atom. The molecule has 0 spiro atoms. The monoisotopic (exact) mass is 392 g/mol. The second kappa shape index (κ2) is 8.15. The maximum absolute atomic E-state index is 12.9. The van der Waals surface area contributed by atoms with Crippen LogP contribution >= 0.6 is 11.8 Å². The zero-order valence-electron chi connectivity index (χ0n) is 16.8. The molecule has 5 heteroatoms. The quantitative estimate of drug-likeness (QED) is 0.461. The predicted octanol–water partition coefficient (Wildman–Crippen LogP) is 4.83. The summed E-state index contributed by atoms with van der Waals surface area (Å²) in [5.41, 5.74) is 5.77. The first-order valence-electron chi connectivity index (χ1n) is 9.21. The van der Waals surface area contributed by atoms with Crippen LogP contribution < -0.4 is 5.56 Å². The van der Waals surface area contributed by atoms with Crippen LogP contribution in [0.25, 0.3) is 5.69 Å². The van der Waals surface area contributed by atoms with Gasteiger partial charge >= 0.3 is 0 Å². The van der Waals surface area contributed by atoms with Gasteiger partial charge in [0.15, 0.2) is 10.8 Å². The Morgan fingerprint density at radius 1 is 0.964 bits per heavy atom. The predicted molar refractivity (Wildman–Crippen MR) is 115 cm³/mol. The fourth-order valence-corrected chi connectivity index (χ4v) is 3.80. The van der Waals surface area contributed by atoms with Crippen molar-refractivity contribution in [2.24, 2.45) is 0 Å². The van der Waals surface area contributed by atoms with Gasteiger partial charge in [-0.1, -0.05) is 30.0 Å². The van der Waals surface area contributed by atoms with E-state index in [4.69, 9.17) is 0 Å². The summed E-state index contributed by atoms with van der Waals surface area (Å²) < 4.78 is 1.58. The highest BCUT2D eigenvalue weighted by Gasteiger charge is 2.20. The number of Topliss-reactive ketones (excluding diaryl/α,β-unsaturated/α-hetero) is 1. The number of aromatic nitrogens is 2. The average molecular weight is 393 g/mol. The molecule has 0 aliphatic carbocycles. The fraction of sp³-hybridized carbons (Fsp3) is 0.261. The molecular weight excluding hydrogens is 368 g/mol. The van der Waals surface area contributed by atoms with E-state index in [0.29, 0.717) is 10.6 Å². The highest BCUT2D eigenvalue weighted by atomic mass is 32.2. The van der Waals surface area contributed by atoms with E-state index in [9.17, 15) is 9.59 Å². The standard InChI is InChI=1S/C23H24N2O2S/c1-14-6-8-19(12-16(14)3)21(26)18(5)28-22-23(27)25(11-10-24-22)20-9-7-15(2)17(4)13-20/h6-13,18H,1-5H3/t18-/m0/s1. The zero-order valence-corrected chi connectivity index (χ0v) is 17.6. The van der Waals surface area contributed by atoms with E-state index in [1.165, 1.54) is 17.3 Å². The maximum Gasteiger partial charge on any atom is 0.287 e. The van der Waals surface area contributed by atoms with E-state index in [-0.39, 0.29) is 11.3 Å². The van der Waals surface area contributed by atoms with Crippen molar-refractivity contribution in [1.29, 1.82) is 0 Å². The van der Waals surface area contributed by atoms with Gasteiger partial charge in [-0.25, -0.2) is 4.98 Å². The highest BCUT2D eigenvalue weighted by Crippen LogP contribution is 2.23. The van der Waals surface area contributed by atoms with Crippen molar-refractivity contribution in [1.82, 2.24) is 9.55 Å². The first-order chi connectivity index (χ1) is 13.3. The molecule has 144 valence electrons. The number of thioether (sulfide) groups is 1. The summed E-state index contributed by atoms with van der Waals surface area (Å²) in [4.78, 5) is 30.0. The number of carbonyl (C=O) groups excluding carboxylic acids is 1. The van der Waals surface area contributed by atoms with Crippen molar-refractivity contribution >= 4 is 17.5 Å². The van der Waals surface area contributed by atoms with Crippen molar-refractivity contribution < 1.29 is 4.79 Å². The van der Waals surface area contributed by atoms with Gasteiger partial charge in [-0.3, -0.25) is 14.2 Å². The summed E-state index contributed by atoms with van der Waals surface area (Å²) in [5, 5.41) is -0.0803. The van der Waals surface area contributed by atoms with Crippen molar-refractivity contribution in [3.63, 3.8) is 0 Å². The molecule has 0 aliphatic heterocycles. The molecule has 0 amide bonds. The highest BCUT2D eigenvalue weighted by molar-refractivity contribution is 8.00.